The molecular formula is C25H26ClNO2. The van der Waals surface area contributed by atoms with Gasteiger partial charge in [-0.3, -0.25) is 0 Å². The second-order valence-electron chi connectivity index (χ2n) is 6.92. The number of ether oxygens (including phenoxy) is 2. The number of allylic oxidation sites excluding steroid dienone is 1. The molecule has 0 saturated heterocycles. The monoisotopic (exact) mass is 407 g/mol. The van der Waals surface area contributed by atoms with E-state index in [2.05, 4.69) is 49.2 Å². The third-order valence-corrected chi connectivity index (χ3v) is 4.84. The first-order valence-electron chi connectivity index (χ1n) is 9.57. The van der Waals surface area contributed by atoms with E-state index in [0.717, 1.165) is 33.9 Å². The Kier molecular flexibility index (Phi) is 7.20. The first-order valence-corrected chi connectivity index (χ1v) is 9.95. The van der Waals surface area contributed by atoms with Crippen molar-refractivity contribution in [2.45, 2.75) is 26.5 Å². The van der Waals surface area contributed by atoms with Gasteiger partial charge in [-0.2, -0.15) is 0 Å². The molecule has 0 spiro atoms. The number of aryl methyl sites for hydroxylation is 1. The Morgan fingerprint density at radius 2 is 1.83 bits per heavy atom. The Labute approximate surface area is 177 Å². The number of methoxy groups -OCH3 is 1. The highest BCUT2D eigenvalue weighted by molar-refractivity contribution is 6.30. The number of rotatable bonds is 9. The van der Waals surface area contributed by atoms with E-state index < -0.39 is 0 Å². The molecule has 0 saturated carbocycles. The highest BCUT2D eigenvalue weighted by Gasteiger charge is 2.13. The highest BCUT2D eigenvalue weighted by atomic mass is 35.5. The van der Waals surface area contributed by atoms with Crippen LogP contribution in [0.1, 0.15) is 22.3 Å². The number of benzene rings is 3. The average molecular weight is 408 g/mol. The Bertz CT molecular complexity index is 967. The fourth-order valence-corrected chi connectivity index (χ4v) is 3.27. The van der Waals surface area contributed by atoms with Crippen LogP contribution >= 0.6 is 11.6 Å². The van der Waals surface area contributed by atoms with Crippen LogP contribution in [0.5, 0.6) is 11.5 Å². The van der Waals surface area contributed by atoms with E-state index in [0.29, 0.717) is 24.6 Å². The van der Waals surface area contributed by atoms with Crippen LogP contribution in [0.25, 0.3) is 0 Å². The number of halogens is 1. The molecule has 0 atom stereocenters. The molecule has 0 radical (unpaired) electrons. The molecule has 150 valence electrons. The maximum absolute atomic E-state index is 6.13. The summed E-state index contributed by atoms with van der Waals surface area (Å²) >= 11 is 5.97. The van der Waals surface area contributed by atoms with E-state index in [1.54, 1.807) is 7.11 Å². The molecule has 3 rings (SSSR count). The number of hydrogen-bond donors (Lipinski definition) is 1. The van der Waals surface area contributed by atoms with Gasteiger partial charge in [0.1, 0.15) is 6.61 Å². The minimum Gasteiger partial charge on any atom is -0.493 e. The van der Waals surface area contributed by atoms with Gasteiger partial charge in [-0.15, -0.1) is 6.58 Å². The normalized spacial score (nSPS) is 10.4. The summed E-state index contributed by atoms with van der Waals surface area (Å²) < 4.78 is 11.8. The topological polar surface area (TPSA) is 30.5 Å². The summed E-state index contributed by atoms with van der Waals surface area (Å²) in [6, 6.07) is 20.1. The second kappa shape index (κ2) is 10.0. The van der Waals surface area contributed by atoms with E-state index in [9.17, 15) is 0 Å². The maximum atomic E-state index is 6.13. The van der Waals surface area contributed by atoms with E-state index in [-0.39, 0.29) is 0 Å². The lowest BCUT2D eigenvalue weighted by Crippen LogP contribution is -2.05. The quantitative estimate of drug-likeness (QED) is 0.406. The van der Waals surface area contributed by atoms with Crippen molar-refractivity contribution in [2.24, 2.45) is 0 Å². The Morgan fingerprint density at radius 3 is 2.52 bits per heavy atom. The van der Waals surface area contributed by atoms with Crippen LogP contribution < -0.4 is 14.8 Å². The molecular weight excluding hydrogens is 382 g/mol. The van der Waals surface area contributed by atoms with Gasteiger partial charge >= 0.3 is 0 Å². The van der Waals surface area contributed by atoms with Gasteiger partial charge < -0.3 is 14.8 Å². The Hall–Kier alpha value is -2.91. The number of hydrogen-bond acceptors (Lipinski definition) is 3. The van der Waals surface area contributed by atoms with Crippen molar-refractivity contribution in [3.05, 3.63) is 101 Å². The third-order valence-electron chi connectivity index (χ3n) is 4.59. The van der Waals surface area contributed by atoms with Crippen LogP contribution in [0, 0.1) is 6.92 Å². The first-order chi connectivity index (χ1) is 14.1. The zero-order chi connectivity index (χ0) is 20.6. The summed E-state index contributed by atoms with van der Waals surface area (Å²) in [5.41, 5.74) is 5.54. The summed E-state index contributed by atoms with van der Waals surface area (Å²) in [4.78, 5) is 0. The molecule has 0 aliphatic rings. The largest absolute Gasteiger partial charge is 0.493 e. The molecule has 0 unspecified atom stereocenters. The molecule has 0 amide bonds. The third kappa shape index (κ3) is 5.78. The van der Waals surface area contributed by atoms with Gasteiger partial charge in [0.15, 0.2) is 11.5 Å². The van der Waals surface area contributed by atoms with E-state index in [1.807, 2.05) is 36.4 Å². The predicted octanol–water partition coefficient (Wildman–Crippen LogP) is 6.58. The molecule has 29 heavy (non-hydrogen) atoms. The molecule has 0 fully saturated rings. The SMILES string of the molecule is C=CCc1cc(CNc2cccc(C)c2)cc(OC)c1OCc1ccc(Cl)cc1. The summed E-state index contributed by atoms with van der Waals surface area (Å²) in [6.07, 6.45) is 2.58. The Morgan fingerprint density at radius 1 is 1.03 bits per heavy atom. The lowest BCUT2D eigenvalue weighted by atomic mass is 10.0. The summed E-state index contributed by atoms with van der Waals surface area (Å²) in [6.45, 7) is 7.11. The van der Waals surface area contributed by atoms with Crippen molar-refractivity contribution in [3.63, 3.8) is 0 Å². The molecule has 3 nitrogen and oxygen atoms in total. The molecule has 3 aromatic rings. The molecule has 0 heterocycles. The summed E-state index contributed by atoms with van der Waals surface area (Å²) in [5.74, 6) is 1.47. The van der Waals surface area contributed by atoms with Gasteiger partial charge in [0.05, 0.1) is 7.11 Å². The van der Waals surface area contributed by atoms with Gasteiger partial charge in [-0.1, -0.05) is 41.9 Å². The van der Waals surface area contributed by atoms with Crippen LogP contribution in [0.3, 0.4) is 0 Å². The minimum absolute atomic E-state index is 0.443. The maximum Gasteiger partial charge on any atom is 0.165 e. The molecule has 3 aromatic carbocycles. The highest BCUT2D eigenvalue weighted by Crippen LogP contribution is 2.34. The lowest BCUT2D eigenvalue weighted by molar-refractivity contribution is 0.281. The van der Waals surface area contributed by atoms with Crippen molar-refractivity contribution in [2.75, 3.05) is 12.4 Å². The van der Waals surface area contributed by atoms with Crippen molar-refractivity contribution >= 4 is 17.3 Å². The van der Waals surface area contributed by atoms with Crippen molar-refractivity contribution in [1.29, 1.82) is 0 Å². The van der Waals surface area contributed by atoms with Gasteiger partial charge in [-0.05, 0) is 66.4 Å². The molecule has 1 N–H and O–H groups in total. The minimum atomic E-state index is 0.443. The number of anilines is 1. The fourth-order valence-electron chi connectivity index (χ4n) is 3.14. The van der Waals surface area contributed by atoms with E-state index >= 15 is 0 Å². The van der Waals surface area contributed by atoms with Crippen molar-refractivity contribution in [1.82, 2.24) is 0 Å². The van der Waals surface area contributed by atoms with Crippen molar-refractivity contribution < 1.29 is 9.47 Å². The smallest absolute Gasteiger partial charge is 0.165 e. The zero-order valence-electron chi connectivity index (χ0n) is 16.9. The van der Waals surface area contributed by atoms with Crippen LogP contribution in [-0.2, 0) is 19.6 Å². The Balaban J connectivity index is 1.80. The molecule has 0 aromatic heterocycles. The average Bonchev–Trinajstić information content (AvgIpc) is 2.72. The van der Waals surface area contributed by atoms with Crippen molar-refractivity contribution in [3.8, 4) is 11.5 Å². The zero-order valence-corrected chi connectivity index (χ0v) is 17.6. The molecule has 0 aliphatic carbocycles. The van der Waals surface area contributed by atoms with Gasteiger partial charge in [0.25, 0.3) is 0 Å². The second-order valence-corrected chi connectivity index (χ2v) is 7.35. The van der Waals surface area contributed by atoms with Gasteiger partial charge in [0, 0.05) is 22.8 Å². The number of nitrogens with one attached hydrogen (secondary N) is 1. The molecule has 0 aliphatic heterocycles. The first kappa shape index (κ1) is 20.8. The van der Waals surface area contributed by atoms with Crippen LogP contribution in [0.4, 0.5) is 5.69 Å². The standard InChI is InChI=1S/C25H26ClNO2/c1-4-6-21-14-20(16-27-23-8-5-7-18(2)13-23)15-24(28-3)25(21)29-17-19-9-11-22(26)12-10-19/h4-5,7-15,27H,1,6,16-17H2,2-3H3. The van der Waals surface area contributed by atoms with Crippen LogP contribution in [0.15, 0.2) is 73.3 Å². The predicted molar refractivity (Wildman–Crippen MR) is 121 cm³/mol. The summed E-state index contributed by atoms with van der Waals surface area (Å²) in [7, 11) is 1.67. The van der Waals surface area contributed by atoms with Crippen LogP contribution in [0.2, 0.25) is 5.02 Å². The van der Waals surface area contributed by atoms with Crippen LogP contribution in [-0.4, -0.2) is 7.11 Å². The fraction of sp³-hybridized carbons (Fsp3) is 0.200. The molecule has 0 bridgehead atoms. The lowest BCUT2D eigenvalue weighted by Gasteiger charge is -2.17. The van der Waals surface area contributed by atoms with E-state index in [1.165, 1.54) is 5.56 Å². The van der Waals surface area contributed by atoms with Gasteiger partial charge in [0.2, 0.25) is 0 Å². The summed E-state index contributed by atoms with van der Waals surface area (Å²) in [5, 5.41) is 4.18. The van der Waals surface area contributed by atoms with Gasteiger partial charge in [-0.25, -0.2) is 0 Å². The van der Waals surface area contributed by atoms with E-state index in [4.69, 9.17) is 21.1 Å². The molecule has 4 heteroatoms.